The van der Waals surface area contributed by atoms with Crippen LogP contribution in [0.5, 0.6) is 5.75 Å². The fourth-order valence-electron chi connectivity index (χ4n) is 1.36. The van der Waals surface area contributed by atoms with E-state index in [9.17, 15) is 9.18 Å². The second kappa shape index (κ2) is 6.20. The fourth-order valence-corrected chi connectivity index (χ4v) is 1.36. The number of nitrogens with one attached hydrogen (secondary N) is 1. The fraction of sp³-hybridized carbons (Fsp3) is 0.417. The van der Waals surface area contributed by atoms with Crippen molar-refractivity contribution < 1.29 is 19.0 Å². The first kappa shape index (κ1) is 13.4. The van der Waals surface area contributed by atoms with E-state index < -0.39 is 11.9 Å². The Hall–Kier alpha value is -1.62. The number of aliphatic hydroxyl groups is 1. The van der Waals surface area contributed by atoms with Gasteiger partial charge in [-0.25, -0.2) is 4.39 Å². The van der Waals surface area contributed by atoms with E-state index in [4.69, 9.17) is 9.84 Å². The second-order valence-corrected chi connectivity index (χ2v) is 3.61. The first-order valence-corrected chi connectivity index (χ1v) is 5.41. The van der Waals surface area contributed by atoms with Gasteiger partial charge in [0, 0.05) is 12.6 Å². The Morgan fingerprint density at radius 3 is 2.82 bits per heavy atom. The van der Waals surface area contributed by atoms with Gasteiger partial charge in [-0.15, -0.1) is 0 Å². The molecule has 1 rings (SSSR count). The van der Waals surface area contributed by atoms with Crippen LogP contribution in [0.2, 0.25) is 0 Å². The van der Waals surface area contributed by atoms with Crippen LogP contribution in [0.3, 0.4) is 0 Å². The molecule has 0 aliphatic heterocycles. The minimum Gasteiger partial charge on any atom is -0.481 e. The average molecular weight is 241 g/mol. The van der Waals surface area contributed by atoms with E-state index in [1.54, 1.807) is 13.8 Å². The summed E-state index contributed by atoms with van der Waals surface area (Å²) in [5, 5.41) is 11.5. The van der Waals surface area contributed by atoms with Crippen molar-refractivity contribution in [2.45, 2.75) is 26.6 Å². The van der Waals surface area contributed by atoms with Gasteiger partial charge < -0.3 is 15.2 Å². The van der Waals surface area contributed by atoms with Crippen LogP contribution >= 0.6 is 0 Å². The molecule has 0 bridgehead atoms. The van der Waals surface area contributed by atoms with Gasteiger partial charge in [0.1, 0.15) is 11.6 Å². The van der Waals surface area contributed by atoms with Crippen molar-refractivity contribution in [2.24, 2.45) is 0 Å². The van der Waals surface area contributed by atoms with E-state index >= 15 is 0 Å². The molecule has 0 aromatic heterocycles. The maximum absolute atomic E-state index is 13.1. The summed E-state index contributed by atoms with van der Waals surface area (Å²) < 4.78 is 18.4. The summed E-state index contributed by atoms with van der Waals surface area (Å²) in [6.07, 6.45) is -0.705. The highest BCUT2D eigenvalue weighted by atomic mass is 19.1. The molecule has 0 saturated carbocycles. The maximum Gasteiger partial charge on any atom is 0.260 e. The Bertz CT molecular complexity index is 395. The highest BCUT2D eigenvalue weighted by molar-refractivity contribution is 5.80. The molecule has 0 spiro atoms. The van der Waals surface area contributed by atoms with Gasteiger partial charge in [-0.1, -0.05) is 0 Å². The number of carbonyl (C=O) groups is 1. The quantitative estimate of drug-likeness (QED) is 0.815. The van der Waals surface area contributed by atoms with Crippen molar-refractivity contribution in [1.82, 2.24) is 5.32 Å². The third-order valence-corrected chi connectivity index (χ3v) is 2.15. The number of rotatable bonds is 5. The van der Waals surface area contributed by atoms with Crippen molar-refractivity contribution in [1.29, 1.82) is 0 Å². The lowest BCUT2D eigenvalue weighted by atomic mass is 10.2. The summed E-state index contributed by atoms with van der Waals surface area (Å²) in [4.78, 5) is 11.4. The summed E-state index contributed by atoms with van der Waals surface area (Å²) in [5.74, 6) is -0.537. The predicted molar refractivity (Wildman–Crippen MR) is 61.1 cm³/mol. The van der Waals surface area contributed by atoms with Crippen LogP contribution in [0, 0.1) is 5.82 Å². The zero-order valence-corrected chi connectivity index (χ0v) is 9.87. The van der Waals surface area contributed by atoms with Crippen molar-refractivity contribution in [2.75, 3.05) is 6.54 Å². The lowest BCUT2D eigenvalue weighted by Crippen LogP contribution is -2.36. The Labute approximate surface area is 99.4 Å². The molecule has 1 aromatic carbocycles. The molecule has 2 N–H and O–H groups in total. The minimum absolute atomic E-state index is 0.229. The van der Waals surface area contributed by atoms with Gasteiger partial charge in [-0.3, -0.25) is 4.79 Å². The maximum atomic E-state index is 13.1. The zero-order chi connectivity index (χ0) is 12.8. The summed E-state index contributed by atoms with van der Waals surface area (Å²) in [7, 11) is 0. The van der Waals surface area contributed by atoms with Gasteiger partial charge in [0.2, 0.25) is 0 Å². The third-order valence-electron chi connectivity index (χ3n) is 2.15. The number of ether oxygens (including phenoxy) is 1. The molecule has 0 radical (unpaired) electrons. The van der Waals surface area contributed by atoms with Crippen LogP contribution in [0.4, 0.5) is 4.39 Å². The Kier molecular flexibility index (Phi) is 4.90. The highest BCUT2D eigenvalue weighted by Gasteiger charge is 2.14. The topological polar surface area (TPSA) is 58.6 Å². The lowest BCUT2D eigenvalue weighted by Gasteiger charge is -2.14. The van der Waals surface area contributed by atoms with Crippen molar-refractivity contribution in [3.8, 4) is 5.75 Å². The van der Waals surface area contributed by atoms with Gasteiger partial charge >= 0.3 is 0 Å². The molecule has 5 heteroatoms. The Morgan fingerprint density at radius 2 is 2.24 bits per heavy atom. The number of hydrogen-bond acceptors (Lipinski definition) is 3. The zero-order valence-electron chi connectivity index (χ0n) is 9.87. The monoisotopic (exact) mass is 241 g/mol. The SMILES string of the molecule is CCNC(=O)C(C)Oc1cc(F)cc(CO)c1. The second-order valence-electron chi connectivity index (χ2n) is 3.61. The summed E-state index contributed by atoms with van der Waals surface area (Å²) in [6.45, 7) is 3.62. The number of likely N-dealkylation sites (N-methyl/N-ethyl adjacent to an activating group) is 1. The van der Waals surface area contributed by atoms with Crippen LogP contribution < -0.4 is 10.1 Å². The number of amides is 1. The summed E-state index contributed by atoms with van der Waals surface area (Å²) in [5.41, 5.74) is 0.406. The molecule has 0 saturated heterocycles. The smallest absolute Gasteiger partial charge is 0.260 e. The van der Waals surface area contributed by atoms with Gasteiger partial charge in [-0.05, 0) is 31.5 Å². The van der Waals surface area contributed by atoms with E-state index in [1.807, 2.05) is 0 Å². The van der Waals surface area contributed by atoms with Crippen molar-refractivity contribution in [3.63, 3.8) is 0 Å². The normalized spacial score (nSPS) is 12.0. The van der Waals surface area contributed by atoms with E-state index in [-0.39, 0.29) is 18.3 Å². The van der Waals surface area contributed by atoms with Crippen LogP contribution in [0.1, 0.15) is 19.4 Å². The molecule has 0 fully saturated rings. The number of halogens is 1. The van der Waals surface area contributed by atoms with Gasteiger partial charge in [0.25, 0.3) is 5.91 Å². The first-order valence-electron chi connectivity index (χ1n) is 5.41. The van der Waals surface area contributed by atoms with Crippen molar-refractivity contribution >= 4 is 5.91 Å². The Morgan fingerprint density at radius 1 is 1.53 bits per heavy atom. The molecule has 0 heterocycles. The molecule has 17 heavy (non-hydrogen) atoms. The number of benzene rings is 1. The molecule has 0 aliphatic carbocycles. The molecular formula is C12H16FNO3. The molecule has 4 nitrogen and oxygen atoms in total. The number of aliphatic hydroxyl groups excluding tert-OH is 1. The summed E-state index contributed by atoms with van der Waals surface area (Å²) in [6, 6.07) is 3.89. The van der Waals surface area contributed by atoms with E-state index in [0.717, 1.165) is 0 Å². The van der Waals surface area contributed by atoms with Gasteiger partial charge in [0.15, 0.2) is 6.10 Å². The number of hydrogen-bond donors (Lipinski definition) is 2. The van der Waals surface area contributed by atoms with Gasteiger partial charge in [-0.2, -0.15) is 0 Å². The minimum atomic E-state index is -0.705. The molecular weight excluding hydrogens is 225 g/mol. The van der Waals surface area contributed by atoms with Crippen LogP contribution in [-0.4, -0.2) is 23.7 Å². The largest absolute Gasteiger partial charge is 0.481 e. The lowest BCUT2D eigenvalue weighted by molar-refractivity contribution is -0.127. The predicted octanol–water partition coefficient (Wildman–Crippen LogP) is 1.22. The molecule has 0 aliphatic rings. The first-order chi connectivity index (χ1) is 8.06. The van der Waals surface area contributed by atoms with E-state index in [0.29, 0.717) is 12.1 Å². The highest BCUT2D eigenvalue weighted by Crippen LogP contribution is 2.17. The molecule has 94 valence electrons. The standard InChI is InChI=1S/C12H16FNO3/c1-3-14-12(16)8(2)17-11-5-9(7-15)4-10(13)6-11/h4-6,8,15H,3,7H2,1-2H3,(H,14,16). The Balaban J connectivity index is 2.73. The molecule has 1 unspecified atom stereocenters. The molecule has 1 amide bonds. The number of carbonyl (C=O) groups excluding carboxylic acids is 1. The van der Waals surface area contributed by atoms with E-state index in [1.165, 1.54) is 18.2 Å². The van der Waals surface area contributed by atoms with Crippen molar-refractivity contribution in [3.05, 3.63) is 29.6 Å². The van der Waals surface area contributed by atoms with E-state index in [2.05, 4.69) is 5.32 Å². The summed E-state index contributed by atoms with van der Waals surface area (Å²) >= 11 is 0. The molecule has 1 aromatic rings. The van der Waals surface area contributed by atoms with Crippen LogP contribution in [-0.2, 0) is 11.4 Å². The third kappa shape index (κ3) is 4.03. The molecule has 1 atom stereocenters. The average Bonchev–Trinajstić information content (AvgIpc) is 2.28. The van der Waals surface area contributed by atoms with Crippen LogP contribution in [0.25, 0.3) is 0 Å². The van der Waals surface area contributed by atoms with Gasteiger partial charge in [0.05, 0.1) is 6.61 Å². The van der Waals surface area contributed by atoms with Crippen LogP contribution in [0.15, 0.2) is 18.2 Å².